The monoisotopic (exact) mass is 240 g/mol. The van der Waals surface area contributed by atoms with Crippen molar-refractivity contribution < 1.29 is 19.2 Å². The number of carboxylic acids is 1. The van der Waals surface area contributed by atoms with E-state index in [1.165, 1.54) is 0 Å². The molecule has 0 spiro atoms. The molecule has 94 valence electrons. The smallest absolute Gasteiger partial charge is 0.306 e. The van der Waals surface area contributed by atoms with Gasteiger partial charge < -0.3 is 14.9 Å². The Kier molecular flexibility index (Phi) is 4.25. The highest BCUT2D eigenvalue weighted by Crippen LogP contribution is 2.11. The lowest BCUT2D eigenvalue weighted by molar-refractivity contribution is -0.141. The highest BCUT2D eigenvalue weighted by molar-refractivity contribution is 5.96. The van der Waals surface area contributed by atoms with Crippen molar-refractivity contribution in [2.24, 2.45) is 5.92 Å². The molecule has 0 aliphatic carbocycles. The molecule has 6 nitrogen and oxygen atoms in total. The molecule has 0 aromatic carbocycles. The zero-order valence-corrected chi connectivity index (χ0v) is 10.1. The summed E-state index contributed by atoms with van der Waals surface area (Å²) < 4.78 is 4.88. The van der Waals surface area contributed by atoms with Crippen molar-refractivity contribution in [1.29, 1.82) is 0 Å². The Morgan fingerprint density at radius 3 is 2.59 bits per heavy atom. The number of aliphatic carboxylic acids is 1. The second-order valence-electron chi connectivity index (χ2n) is 3.98. The molecule has 0 saturated carbocycles. The van der Waals surface area contributed by atoms with Gasteiger partial charge in [0.05, 0.1) is 11.6 Å². The molecule has 1 heterocycles. The lowest BCUT2D eigenvalue weighted by Crippen LogP contribution is -2.27. The minimum atomic E-state index is -0.864. The Morgan fingerprint density at radius 1 is 1.47 bits per heavy atom. The zero-order chi connectivity index (χ0) is 13.0. The number of hydrogen-bond acceptors (Lipinski definition) is 4. The van der Waals surface area contributed by atoms with Gasteiger partial charge in [-0.15, -0.1) is 0 Å². The first kappa shape index (κ1) is 13.2. The number of carbonyl (C=O) groups is 2. The summed E-state index contributed by atoms with van der Waals surface area (Å²) >= 11 is 0. The largest absolute Gasteiger partial charge is 0.481 e. The fourth-order valence-corrected chi connectivity index (χ4v) is 1.42. The van der Waals surface area contributed by atoms with Gasteiger partial charge in [0.2, 0.25) is 0 Å². The Labute approximate surface area is 99.0 Å². The maximum Gasteiger partial charge on any atom is 0.306 e. The summed E-state index contributed by atoms with van der Waals surface area (Å²) in [5, 5.41) is 15.0. The first-order chi connectivity index (χ1) is 7.93. The van der Waals surface area contributed by atoms with Gasteiger partial charge in [-0.05, 0) is 20.3 Å². The van der Waals surface area contributed by atoms with Crippen LogP contribution in [0.2, 0.25) is 0 Å². The van der Waals surface area contributed by atoms with Gasteiger partial charge in [0.1, 0.15) is 11.3 Å². The molecule has 0 fully saturated rings. The highest BCUT2D eigenvalue weighted by atomic mass is 16.5. The number of amides is 1. The first-order valence-electron chi connectivity index (χ1n) is 5.37. The maximum atomic E-state index is 11.7. The van der Waals surface area contributed by atoms with Crippen molar-refractivity contribution in [3.05, 3.63) is 17.0 Å². The Bertz CT molecular complexity index is 406. The van der Waals surface area contributed by atoms with Crippen LogP contribution < -0.4 is 5.32 Å². The van der Waals surface area contributed by atoms with Crippen LogP contribution in [0.15, 0.2) is 4.52 Å². The van der Waals surface area contributed by atoms with E-state index in [4.69, 9.17) is 9.63 Å². The number of carboxylic acid groups (broad SMARTS) is 1. The minimum absolute atomic E-state index is 0.279. The predicted molar refractivity (Wildman–Crippen MR) is 59.7 cm³/mol. The van der Waals surface area contributed by atoms with Gasteiger partial charge in [-0.3, -0.25) is 9.59 Å². The van der Waals surface area contributed by atoms with E-state index in [1.54, 1.807) is 20.8 Å². The number of aryl methyl sites for hydroxylation is 2. The summed E-state index contributed by atoms with van der Waals surface area (Å²) in [7, 11) is 0. The predicted octanol–water partition coefficient (Wildman–Crippen LogP) is 1.13. The van der Waals surface area contributed by atoms with Gasteiger partial charge >= 0.3 is 5.97 Å². The Balaban J connectivity index is 2.49. The highest BCUT2D eigenvalue weighted by Gasteiger charge is 2.17. The van der Waals surface area contributed by atoms with Crippen LogP contribution >= 0.6 is 0 Å². The normalized spacial score (nSPS) is 12.2. The molecule has 6 heteroatoms. The summed E-state index contributed by atoms with van der Waals surface area (Å²) in [4.78, 5) is 22.3. The fraction of sp³-hybridized carbons (Fsp3) is 0.545. The van der Waals surface area contributed by atoms with E-state index < -0.39 is 11.9 Å². The first-order valence-corrected chi connectivity index (χ1v) is 5.37. The van der Waals surface area contributed by atoms with E-state index in [0.717, 1.165) is 0 Å². The number of nitrogens with one attached hydrogen (secondary N) is 1. The summed E-state index contributed by atoms with van der Waals surface area (Å²) in [5.74, 6) is -1.15. The lowest BCUT2D eigenvalue weighted by atomic mass is 10.1. The van der Waals surface area contributed by atoms with Crippen LogP contribution in [-0.4, -0.2) is 28.7 Å². The van der Waals surface area contributed by atoms with Gasteiger partial charge in [0.25, 0.3) is 5.91 Å². The molecule has 0 saturated heterocycles. The van der Waals surface area contributed by atoms with Crippen LogP contribution in [0.4, 0.5) is 0 Å². The molecule has 17 heavy (non-hydrogen) atoms. The maximum absolute atomic E-state index is 11.7. The van der Waals surface area contributed by atoms with Gasteiger partial charge in [-0.25, -0.2) is 0 Å². The molecule has 1 unspecified atom stereocenters. The number of aromatic nitrogens is 1. The van der Waals surface area contributed by atoms with Crippen molar-refractivity contribution in [2.45, 2.75) is 27.2 Å². The van der Waals surface area contributed by atoms with Gasteiger partial charge in [-0.1, -0.05) is 12.1 Å². The van der Waals surface area contributed by atoms with Crippen molar-refractivity contribution in [2.75, 3.05) is 6.54 Å². The molecular formula is C11H16N2O4. The van der Waals surface area contributed by atoms with Crippen LogP contribution in [0, 0.1) is 19.8 Å². The number of hydrogen-bond donors (Lipinski definition) is 2. The minimum Gasteiger partial charge on any atom is -0.481 e. The van der Waals surface area contributed by atoms with Gasteiger partial charge in [-0.2, -0.15) is 0 Å². The molecule has 0 aliphatic heterocycles. The Hall–Kier alpha value is -1.85. The zero-order valence-electron chi connectivity index (χ0n) is 10.1. The number of nitrogens with zero attached hydrogens (tertiary/aromatic N) is 1. The van der Waals surface area contributed by atoms with Crippen molar-refractivity contribution in [1.82, 2.24) is 10.5 Å². The van der Waals surface area contributed by atoms with Crippen molar-refractivity contribution >= 4 is 11.9 Å². The van der Waals surface area contributed by atoms with Crippen LogP contribution in [-0.2, 0) is 4.79 Å². The molecule has 1 atom stereocenters. The quantitative estimate of drug-likeness (QED) is 0.804. The molecule has 1 aromatic heterocycles. The summed E-state index contributed by atoms with van der Waals surface area (Å²) in [6.45, 7) is 5.26. The van der Waals surface area contributed by atoms with E-state index in [2.05, 4.69) is 10.5 Å². The fourth-order valence-electron chi connectivity index (χ4n) is 1.42. The third-order valence-corrected chi connectivity index (χ3v) is 2.54. The second kappa shape index (κ2) is 5.47. The standard InChI is InChI=1S/C11H16N2O4/c1-6(11(15)16)4-5-12-10(14)9-7(2)13-17-8(9)3/h6H,4-5H2,1-3H3,(H,12,14)(H,15,16). The van der Waals surface area contributed by atoms with E-state index in [1.807, 2.05) is 0 Å². The van der Waals surface area contributed by atoms with E-state index >= 15 is 0 Å². The van der Waals surface area contributed by atoms with E-state index in [-0.39, 0.29) is 5.91 Å². The van der Waals surface area contributed by atoms with Crippen LogP contribution in [0.25, 0.3) is 0 Å². The van der Waals surface area contributed by atoms with Gasteiger partial charge in [0.15, 0.2) is 0 Å². The summed E-state index contributed by atoms with van der Waals surface area (Å²) in [6, 6.07) is 0. The summed E-state index contributed by atoms with van der Waals surface area (Å²) in [6.07, 6.45) is 0.393. The van der Waals surface area contributed by atoms with Gasteiger partial charge in [0, 0.05) is 6.54 Å². The molecule has 1 aromatic rings. The average Bonchev–Trinajstić information content (AvgIpc) is 2.58. The summed E-state index contributed by atoms with van der Waals surface area (Å²) in [5.41, 5.74) is 0.958. The third-order valence-electron chi connectivity index (χ3n) is 2.54. The topological polar surface area (TPSA) is 92.4 Å². The lowest BCUT2D eigenvalue weighted by Gasteiger charge is -2.07. The van der Waals surface area contributed by atoms with Crippen molar-refractivity contribution in [3.63, 3.8) is 0 Å². The van der Waals surface area contributed by atoms with Crippen molar-refractivity contribution in [3.8, 4) is 0 Å². The molecule has 0 bridgehead atoms. The van der Waals surface area contributed by atoms with Crippen LogP contribution in [0.5, 0.6) is 0 Å². The average molecular weight is 240 g/mol. The van der Waals surface area contributed by atoms with E-state index in [9.17, 15) is 9.59 Å². The number of carbonyl (C=O) groups excluding carboxylic acids is 1. The van der Waals surface area contributed by atoms with E-state index in [0.29, 0.717) is 30.0 Å². The SMILES string of the molecule is Cc1noc(C)c1C(=O)NCCC(C)C(=O)O. The van der Waals surface area contributed by atoms with Crippen LogP contribution in [0.1, 0.15) is 35.2 Å². The Morgan fingerprint density at radius 2 is 2.12 bits per heavy atom. The van der Waals surface area contributed by atoms with Crippen LogP contribution in [0.3, 0.4) is 0 Å². The second-order valence-corrected chi connectivity index (χ2v) is 3.98. The molecule has 2 N–H and O–H groups in total. The molecule has 0 radical (unpaired) electrons. The third kappa shape index (κ3) is 3.30. The molecule has 1 rings (SSSR count). The molecular weight excluding hydrogens is 224 g/mol. The molecule has 1 amide bonds. The molecule has 0 aliphatic rings. The number of rotatable bonds is 5.